The van der Waals surface area contributed by atoms with Gasteiger partial charge in [-0.3, -0.25) is 9.69 Å². The number of amides is 1. The van der Waals surface area contributed by atoms with Gasteiger partial charge in [-0.1, -0.05) is 60.7 Å². The van der Waals surface area contributed by atoms with Gasteiger partial charge in [-0.2, -0.15) is 0 Å². The SMILES string of the molecule is CCc1cccc2sc(N(Cc3ccco3)C(=O)CCS(=O)(=O)Cc3ccccc3)nc12. The Bertz CT molecular complexity index is 1300. The van der Waals surface area contributed by atoms with E-state index in [1.807, 2.05) is 24.3 Å². The molecule has 4 rings (SSSR count). The molecule has 1 amide bonds. The molecule has 0 bridgehead atoms. The lowest BCUT2D eigenvalue weighted by atomic mass is 10.1. The summed E-state index contributed by atoms with van der Waals surface area (Å²) in [5, 5.41) is 0.544. The second-order valence-corrected chi connectivity index (χ2v) is 10.7. The fourth-order valence-electron chi connectivity index (χ4n) is 3.49. The second kappa shape index (κ2) is 9.67. The lowest BCUT2D eigenvalue weighted by Crippen LogP contribution is -2.31. The van der Waals surface area contributed by atoms with Crippen molar-refractivity contribution in [2.45, 2.75) is 32.1 Å². The van der Waals surface area contributed by atoms with E-state index in [1.165, 1.54) is 16.2 Å². The highest BCUT2D eigenvalue weighted by atomic mass is 32.2. The maximum atomic E-state index is 13.2. The third kappa shape index (κ3) is 5.26. The first-order chi connectivity index (χ1) is 15.4. The second-order valence-electron chi connectivity index (χ2n) is 7.50. The molecular formula is C24H24N2O4S2. The molecule has 0 fully saturated rings. The molecule has 2 aromatic carbocycles. The summed E-state index contributed by atoms with van der Waals surface area (Å²) in [7, 11) is -3.43. The number of anilines is 1. The van der Waals surface area contributed by atoms with E-state index in [0.29, 0.717) is 16.5 Å². The highest BCUT2D eigenvalue weighted by molar-refractivity contribution is 7.90. The number of aromatic nitrogens is 1. The van der Waals surface area contributed by atoms with Crippen LogP contribution < -0.4 is 4.90 Å². The van der Waals surface area contributed by atoms with Gasteiger partial charge in [-0.25, -0.2) is 13.4 Å². The number of nitrogens with zero attached hydrogens (tertiary/aromatic N) is 2. The summed E-state index contributed by atoms with van der Waals surface area (Å²) < 4.78 is 31.6. The molecule has 0 spiro atoms. The Morgan fingerprint density at radius 3 is 2.59 bits per heavy atom. The van der Waals surface area contributed by atoms with E-state index < -0.39 is 9.84 Å². The number of fused-ring (bicyclic) bond motifs is 1. The molecule has 0 aliphatic carbocycles. The molecule has 0 saturated carbocycles. The van der Waals surface area contributed by atoms with Crippen LogP contribution in [-0.4, -0.2) is 25.1 Å². The number of hydrogen-bond donors (Lipinski definition) is 0. The van der Waals surface area contributed by atoms with Gasteiger partial charge in [-0.05, 0) is 35.7 Å². The molecule has 6 nitrogen and oxygen atoms in total. The van der Waals surface area contributed by atoms with Gasteiger partial charge in [0.2, 0.25) is 5.91 Å². The Morgan fingerprint density at radius 1 is 1.06 bits per heavy atom. The van der Waals surface area contributed by atoms with Crippen LogP contribution >= 0.6 is 11.3 Å². The van der Waals surface area contributed by atoms with Crippen LogP contribution in [0.1, 0.15) is 30.2 Å². The summed E-state index contributed by atoms with van der Waals surface area (Å²) in [6.45, 7) is 2.27. The summed E-state index contributed by atoms with van der Waals surface area (Å²) in [4.78, 5) is 19.4. The minimum atomic E-state index is -3.43. The van der Waals surface area contributed by atoms with Gasteiger partial charge < -0.3 is 4.42 Å². The van der Waals surface area contributed by atoms with E-state index in [4.69, 9.17) is 9.40 Å². The summed E-state index contributed by atoms with van der Waals surface area (Å²) in [6.07, 6.45) is 2.27. The number of aryl methyl sites for hydroxylation is 1. The largest absolute Gasteiger partial charge is 0.467 e. The van der Waals surface area contributed by atoms with Gasteiger partial charge in [0.25, 0.3) is 0 Å². The van der Waals surface area contributed by atoms with Gasteiger partial charge in [0.05, 0.1) is 34.5 Å². The minimum Gasteiger partial charge on any atom is -0.467 e. The van der Waals surface area contributed by atoms with Crippen LogP contribution in [0.4, 0.5) is 5.13 Å². The third-order valence-electron chi connectivity index (χ3n) is 5.15. The zero-order valence-electron chi connectivity index (χ0n) is 17.7. The van der Waals surface area contributed by atoms with Crippen LogP contribution in [0.5, 0.6) is 0 Å². The number of para-hydroxylation sites is 1. The average Bonchev–Trinajstić information content (AvgIpc) is 3.45. The van der Waals surface area contributed by atoms with Crippen molar-refractivity contribution in [1.82, 2.24) is 4.98 Å². The summed E-state index contributed by atoms with van der Waals surface area (Å²) in [5.41, 5.74) is 2.70. The first kappa shape index (κ1) is 22.2. The molecule has 0 aliphatic rings. The summed E-state index contributed by atoms with van der Waals surface area (Å²) >= 11 is 1.42. The van der Waals surface area contributed by atoms with Crippen molar-refractivity contribution >= 4 is 42.4 Å². The molecule has 0 aliphatic heterocycles. The highest BCUT2D eigenvalue weighted by Crippen LogP contribution is 2.32. The van der Waals surface area contributed by atoms with Crippen molar-refractivity contribution in [3.05, 3.63) is 83.8 Å². The maximum Gasteiger partial charge on any atom is 0.230 e. The Kier molecular flexibility index (Phi) is 6.72. The highest BCUT2D eigenvalue weighted by Gasteiger charge is 2.24. The molecule has 0 N–H and O–H groups in total. The van der Waals surface area contributed by atoms with Crippen molar-refractivity contribution < 1.29 is 17.6 Å². The lowest BCUT2D eigenvalue weighted by molar-refractivity contribution is -0.118. The van der Waals surface area contributed by atoms with Crippen molar-refractivity contribution in [2.75, 3.05) is 10.7 Å². The van der Waals surface area contributed by atoms with Crippen LogP contribution in [0.15, 0.2) is 71.3 Å². The number of rotatable bonds is 9. The quantitative estimate of drug-likeness (QED) is 0.346. The monoisotopic (exact) mass is 468 g/mol. The van der Waals surface area contributed by atoms with Crippen molar-refractivity contribution in [1.29, 1.82) is 0 Å². The number of sulfone groups is 1. The fourth-order valence-corrected chi connectivity index (χ4v) is 5.85. The van der Waals surface area contributed by atoms with Crippen molar-refractivity contribution in [3.63, 3.8) is 0 Å². The van der Waals surface area contributed by atoms with Gasteiger partial charge in [0, 0.05) is 6.42 Å². The number of carbonyl (C=O) groups excluding carboxylic acids is 1. The molecule has 0 saturated heterocycles. The van der Waals surface area contributed by atoms with Crippen LogP contribution in [0.25, 0.3) is 10.2 Å². The van der Waals surface area contributed by atoms with Crippen LogP contribution in [0, 0.1) is 0 Å². The molecule has 2 heterocycles. The Hall–Kier alpha value is -2.97. The first-order valence-electron chi connectivity index (χ1n) is 10.4. The summed E-state index contributed by atoms with van der Waals surface area (Å²) in [5.74, 6) is 0.0106. The van der Waals surface area contributed by atoms with E-state index in [1.54, 1.807) is 42.7 Å². The van der Waals surface area contributed by atoms with Gasteiger partial charge >= 0.3 is 0 Å². The maximum absolute atomic E-state index is 13.2. The fraction of sp³-hybridized carbons (Fsp3) is 0.250. The molecule has 0 unspecified atom stereocenters. The average molecular weight is 469 g/mol. The van der Waals surface area contributed by atoms with Crippen LogP contribution in [0.3, 0.4) is 0 Å². The zero-order chi connectivity index (χ0) is 22.6. The molecule has 2 aromatic heterocycles. The van der Waals surface area contributed by atoms with Gasteiger partial charge in [0.1, 0.15) is 5.76 Å². The zero-order valence-corrected chi connectivity index (χ0v) is 19.4. The third-order valence-corrected chi connectivity index (χ3v) is 7.80. The molecule has 4 aromatic rings. The van der Waals surface area contributed by atoms with Crippen molar-refractivity contribution in [2.24, 2.45) is 0 Å². The number of benzene rings is 2. The predicted molar refractivity (Wildman–Crippen MR) is 127 cm³/mol. The van der Waals surface area contributed by atoms with E-state index in [2.05, 4.69) is 6.92 Å². The Labute approximate surface area is 191 Å². The van der Waals surface area contributed by atoms with Gasteiger partial charge in [0.15, 0.2) is 15.0 Å². The predicted octanol–water partition coefficient (Wildman–Crippen LogP) is 4.99. The van der Waals surface area contributed by atoms with Crippen molar-refractivity contribution in [3.8, 4) is 0 Å². The molecule has 0 radical (unpaired) electrons. The number of hydrogen-bond acceptors (Lipinski definition) is 6. The van der Waals surface area contributed by atoms with Crippen LogP contribution in [0.2, 0.25) is 0 Å². The molecule has 0 atom stereocenters. The Balaban J connectivity index is 1.56. The van der Waals surface area contributed by atoms with E-state index in [9.17, 15) is 13.2 Å². The number of thiazole rings is 1. The van der Waals surface area contributed by atoms with E-state index in [-0.39, 0.29) is 30.4 Å². The summed E-state index contributed by atoms with van der Waals surface area (Å²) in [6, 6.07) is 18.5. The number of furan rings is 1. The van der Waals surface area contributed by atoms with Crippen LogP contribution in [-0.2, 0) is 33.4 Å². The smallest absolute Gasteiger partial charge is 0.230 e. The minimum absolute atomic E-state index is 0.0830. The Morgan fingerprint density at radius 2 is 1.88 bits per heavy atom. The van der Waals surface area contributed by atoms with E-state index in [0.717, 1.165) is 22.2 Å². The number of carbonyl (C=O) groups is 1. The molecule has 8 heteroatoms. The molecule has 32 heavy (non-hydrogen) atoms. The standard InChI is InChI=1S/C24H24N2O4S2/c1-2-19-10-6-12-21-23(19)25-24(31-21)26(16-20-11-7-14-30-20)22(27)13-15-32(28,29)17-18-8-4-3-5-9-18/h3-12,14H,2,13,15-17H2,1H3. The first-order valence-corrected chi connectivity index (χ1v) is 13.0. The van der Waals surface area contributed by atoms with Gasteiger partial charge in [-0.15, -0.1) is 0 Å². The lowest BCUT2D eigenvalue weighted by Gasteiger charge is -2.18. The molecule has 166 valence electrons. The molecular weight excluding hydrogens is 444 g/mol. The van der Waals surface area contributed by atoms with E-state index >= 15 is 0 Å². The normalized spacial score (nSPS) is 11.7. The topological polar surface area (TPSA) is 80.5 Å².